The maximum absolute atomic E-state index is 12.1. The van der Waals surface area contributed by atoms with Gasteiger partial charge in [0.2, 0.25) is 12.8 Å². The van der Waals surface area contributed by atoms with Gasteiger partial charge in [-0.05, 0) is 61.6 Å². The molecule has 2 aromatic rings. The summed E-state index contributed by atoms with van der Waals surface area (Å²) >= 11 is 5.82. The molecule has 186 valence electrons. The van der Waals surface area contributed by atoms with Gasteiger partial charge >= 0.3 is 6.18 Å². The Morgan fingerprint density at radius 3 is 2.44 bits per heavy atom. The Hall–Kier alpha value is -2.81. The quantitative estimate of drug-likeness (QED) is 0.562. The minimum atomic E-state index is -4.37. The Balaban J connectivity index is 0.000000185. The fourth-order valence-electron chi connectivity index (χ4n) is 3.54. The molecule has 4 rings (SSSR count). The summed E-state index contributed by atoms with van der Waals surface area (Å²) in [5.74, 6) is 1.00. The monoisotopic (exact) mass is 499 g/mol. The number of pyridine rings is 1. The van der Waals surface area contributed by atoms with E-state index in [1.807, 2.05) is 18.2 Å². The maximum atomic E-state index is 12.1. The van der Waals surface area contributed by atoms with Crippen LogP contribution in [0.25, 0.3) is 0 Å². The number of nitrogens with one attached hydrogen (secondary N) is 2. The fraction of sp³-hybridized carbons (Fsp3) is 0.458. The molecule has 1 aliphatic carbocycles. The Labute approximate surface area is 202 Å². The molecule has 2 aliphatic rings. The van der Waals surface area contributed by atoms with Crippen molar-refractivity contribution in [1.29, 1.82) is 0 Å². The molecule has 1 aliphatic heterocycles. The van der Waals surface area contributed by atoms with Gasteiger partial charge in [-0.2, -0.15) is 13.2 Å². The molecule has 1 aromatic heterocycles. The zero-order chi connectivity index (χ0) is 24.8. The largest absolute Gasteiger partial charge is 0.493 e. The summed E-state index contributed by atoms with van der Waals surface area (Å²) in [6.07, 6.45) is 6.11. The molecule has 0 radical (unpaired) electrons. The molecule has 2 heterocycles. The molecule has 1 fully saturated rings. The molecule has 0 saturated heterocycles. The molecule has 0 unspecified atom stereocenters. The van der Waals surface area contributed by atoms with Gasteiger partial charge in [-0.3, -0.25) is 14.6 Å². The molecule has 2 amide bonds. The molecule has 1 aromatic carbocycles. The van der Waals surface area contributed by atoms with Crippen LogP contribution in [0.4, 0.5) is 13.2 Å². The smallest absolute Gasteiger partial charge is 0.417 e. The number of aryl methyl sites for hydroxylation is 1. The number of benzene rings is 1. The topological polar surface area (TPSA) is 80.3 Å². The highest BCUT2D eigenvalue weighted by atomic mass is 35.5. The van der Waals surface area contributed by atoms with E-state index in [0.717, 1.165) is 48.9 Å². The number of nitrogens with zero attached hydrogens (tertiary/aromatic N) is 1. The summed E-state index contributed by atoms with van der Waals surface area (Å²) in [5.41, 5.74) is 0.821. The van der Waals surface area contributed by atoms with Crippen LogP contribution in [0.3, 0.4) is 0 Å². The van der Waals surface area contributed by atoms with Crippen LogP contribution in [0.15, 0.2) is 36.5 Å². The number of ether oxygens (including phenoxy) is 1. The predicted octanol–water partition coefficient (Wildman–Crippen LogP) is 5.08. The van der Waals surface area contributed by atoms with E-state index in [9.17, 15) is 22.8 Å². The second-order valence-electron chi connectivity index (χ2n) is 7.86. The predicted molar refractivity (Wildman–Crippen MR) is 123 cm³/mol. The van der Waals surface area contributed by atoms with Crippen molar-refractivity contribution in [3.63, 3.8) is 0 Å². The standard InChI is InChI=1S/C9H9ClO.C8H7F3N2O.C7H13NO/c10-8-3-4-9-7(6-8)2-1-5-11-9;9-8(10,11)6-1-2-7(13-3-6)4-12-5-14;9-6-8-7-4-2-1-3-5-7/h3-4,6H,1-2,5H2;1-3,5H,4H2,(H,12,14);6-7H,1-5H2,(H,8,9). The van der Waals surface area contributed by atoms with E-state index in [1.54, 1.807) is 0 Å². The van der Waals surface area contributed by atoms with Gasteiger partial charge < -0.3 is 15.4 Å². The summed E-state index contributed by atoms with van der Waals surface area (Å²) in [4.78, 5) is 23.4. The first-order valence-electron chi connectivity index (χ1n) is 11.1. The van der Waals surface area contributed by atoms with Crippen molar-refractivity contribution in [2.75, 3.05) is 6.61 Å². The number of fused-ring (bicyclic) bond motifs is 1. The number of aromatic nitrogens is 1. The summed E-state index contributed by atoms with van der Waals surface area (Å²) in [5, 5.41) is 5.90. The van der Waals surface area contributed by atoms with Crippen LogP contribution in [0.1, 0.15) is 55.3 Å². The third-order valence-electron chi connectivity index (χ3n) is 5.30. The Bertz CT molecular complexity index is 889. The van der Waals surface area contributed by atoms with E-state index >= 15 is 0 Å². The minimum absolute atomic E-state index is 0.127. The van der Waals surface area contributed by atoms with E-state index < -0.39 is 11.7 Å². The number of hydrogen-bond acceptors (Lipinski definition) is 4. The second kappa shape index (κ2) is 14.5. The van der Waals surface area contributed by atoms with Gasteiger partial charge in [-0.15, -0.1) is 0 Å². The normalized spacial score (nSPS) is 15.2. The van der Waals surface area contributed by atoms with E-state index in [2.05, 4.69) is 15.6 Å². The van der Waals surface area contributed by atoms with Crippen molar-refractivity contribution in [2.24, 2.45) is 0 Å². The second-order valence-corrected chi connectivity index (χ2v) is 8.29. The van der Waals surface area contributed by atoms with Gasteiger partial charge in [0, 0.05) is 17.3 Å². The van der Waals surface area contributed by atoms with Gasteiger partial charge in [0.15, 0.2) is 0 Å². The number of carbonyl (C=O) groups excluding carboxylic acids is 2. The number of halogens is 4. The van der Waals surface area contributed by atoms with Crippen molar-refractivity contribution >= 4 is 24.4 Å². The summed E-state index contributed by atoms with van der Waals surface area (Å²) in [6.45, 7) is 0.969. The highest BCUT2D eigenvalue weighted by Crippen LogP contribution is 2.28. The van der Waals surface area contributed by atoms with E-state index in [0.29, 0.717) is 18.1 Å². The number of amides is 2. The molecule has 0 bridgehead atoms. The van der Waals surface area contributed by atoms with Crippen molar-refractivity contribution in [2.45, 2.75) is 63.7 Å². The van der Waals surface area contributed by atoms with E-state index in [1.165, 1.54) is 43.7 Å². The highest BCUT2D eigenvalue weighted by Gasteiger charge is 2.30. The van der Waals surface area contributed by atoms with Gasteiger partial charge in [-0.25, -0.2) is 0 Å². The Morgan fingerprint density at radius 2 is 1.82 bits per heavy atom. The van der Waals surface area contributed by atoms with Crippen LogP contribution in [-0.2, 0) is 28.7 Å². The number of hydrogen-bond donors (Lipinski definition) is 2. The summed E-state index contributed by atoms with van der Waals surface area (Å²) < 4.78 is 41.6. The SMILES string of the molecule is Clc1ccc2c(c1)CCCO2.O=CNC1CCCCC1.O=CNCc1ccc(C(F)(F)F)cn1. The average molecular weight is 500 g/mol. The average Bonchev–Trinajstić information content (AvgIpc) is 2.84. The summed E-state index contributed by atoms with van der Waals surface area (Å²) in [7, 11) is 0. The molecule has 6 nitrogen and oxygen atoms in total. The molecule has 34 heavy (non-hydrogen) atoms. The highest BCUT2D eigenvalue weighted by molar-refractivity contribution is 6.30. The zero-order valence-electron chi connectivity index (χ0n) is 18.7. The molecule has 0 spiro atoms. The lowest BCUT2D eigenvalue weighted by Crippen LogP contribution is -2.29. The number of alkyl halides is 3. The summed E-state index contributed by atoms with van der Waals surface area (Å²) in [6, 6.07) is 8.42. The van der Waals surface area contributed by atoms with Crippen molar-refractivity contribution in [3.05, 3.63) is 58.4 Å². The molecule has 10 heteroatoms. The van der Waals surface area contributed by atoms with Gasteiger partial charge in [0.1, 0.15) is 5.75 Å². The van der Waals surface area contributed by atoms with E-state index in [4.69, 9.17) is 16.3 Å². The molecular formula is C24H29ClF3N3O3. The maximum Gasteiger partial charge on any atom is 0.417 e. The lowest BCUT2D eigenvalue weighted by Gasteiger charge is -2.19. The Kier molecular flexibility index (Phi) is 11.7. The van der Waals surface area contributed by atoms with Gasteiger partial charge in [-0.1, -0.05) is 30.9 Å². The first kappa shape index (κ1) is 27.4. The third-order valence-corrected chi connectivity index (χ3v) is 5.53. The molecule has 2 N–H and O–H groups in total. The number of carbonyl (C=O) groups is 2. The van der Waals surface area contributed by atoms with Crippen LogP contribution in [0, 0.1) is 0 Å². The van der Waals surface area contributed by atoms with Crippen LogP contribution in [-0.4, -0.2) is 30.5 Å². The first-order chi connectivity index (χ1) is 16.3. The van der Waals surface area contributed by atoms with Crippen LogP contribution >= 0.6 is 11.6 Å². The Morgan fingerprint density at radius 1 is 1.06 bits per heavy atom. The molecular weight excluding hydrogens is 471 g/mol. The van der Waals surface area contributed by atoms with Crippen LogP contribution in [0.2, 0.25) is 5.02 Å². The van der Waals surface area contributed by atoms with Crippen molar-refractivity contribution in [1.82, 2.24) is 15.6 Å². The first-order valence-corrected chi connectivity index (χ1v) is 11.5. The van der Waals surface area contributed by atoms with Crippen LogP contribution < -0.4 is 15.4 Å². The van der Waals surface area contributed by atoms with Crippen molar-refractivity contribution < 1.29 is 27.5 Å². The van der Waals surface area contributed by atoms with E-state index in [-0.39, 0.29) is 6.54 Å². The van der Waals surface area contributed by atoms with Crippen LogP contribution in [0.5, 0.6) is 5.75 Å². The number of rotatable bonds is 5. The lowest BCUT2D eigenvalue weighted by molar-refractivity contribution is -0.137. The van der Waals surface area contributed by atoms with Crippen molar-refractivity contribution in [3.8, 4) is 5.75 Å². The molecule has 1 saturated carbocycles. The zero-order valence-corrected chi connectivity index (χ0v) is 19.5. The molecule has 0 atom stereocenters. The minimum Gasteiger partial charge on any atom is -0.493 e. The lowest BCUT2D eigenvalue weighted by atomic mass is 9.96. The van der Waals surface area contributed by atoms with Gasteiger partial charge in [0.25, 0.3) is 0 Å². The van der Waals surface area contributed by atoms with Gasteiger partial charge in [0.05, 0.1) is 24.4 Å². The fourth-order valence-corrected chi connectivity index (χ4v) is 3.73. The third kappa shape index (κ3) is 9.99.